The number of rotatable bonds is 8. The van der Waals surface area contributed by atoms with E-state index in [1.54, 1.807) is 0 Å². The number of thiol groups is 1. The van der Waals surface area contributed by atoms with E-state index >= 15 is 0 Å². The summed E-state index contributed by atoms with van der Waals surface area (Å²) >= 11 is 4.12. The molecule has 0 aliphatic heterocycles. The maximum absolute atomic E-state index is 13.9. The molecule has 2 rings (SSSR count). The van der Waals surface area contributed by atoms with Gasteiger partial charge in [-0.2, -0.15) is 12.6 Å². The summed E-state index contributed by atoms with van der Waals surface area (Å²) in [6.07, 6.45) is 0. The Bertz CT molecular complexity index is 913. The highest BCUT2D eigenvalue weighted by atomic mass is 32.2. The lowest BCUT2D eigenvalue weighted by Crippen LogP contribution is -2.27. The number of benzene rings is 2. The van der Waals surface area contributed by atoms with Gasteiger partial charge < -0.3 is 9.84 Å². The van der Waals surface area contributed by atoms with Gasteiger partial charge in [0.25, 0.3) is 0 Å². The van der Waals surface area contributed by atoms with Crippen LogP contribution in [0.1, 0.15) is 10.8 Å². The average molecular weight is 421 g/mol. The van der Waals surface area contributed by atoms with Crippen LogP contribution in [-0.2, 0) is 14.8 Å². The predicted octanol–water partition coefficient (Wildman–Crippen LogP) is 2.52. The lowest BCUT2D eigenvalue weighted by Gasteiger charge is -2.15. The second-order valence-corrected chi connectivity index (χ2v) is 7.71. The molecule has 0 saturated heterocycles. The van der Waals surface area contributed by atoms with Gasteiger partial charge in [0, 0.05) is 11.8 Å². The number of aliphatic carboxylic acids is 1. The molecule has 2 N–H and O–H groups in total. The number of carbonyl (C=O) groups is 1. The van der Waals surface area contributed by atoms with Gasteiger partial charge in [-0.25, -0.2) is 31.1 Å². The smallest absolute Gasteiger partial charge is 0.341 e. The lowest BCUT2D eigenvalue weighted by atomic mass is 10.1. The number of halogens is 3. The van der Waals surface area contributed by atoms with Crippen molar-refractivity contribution >= 4 is 28.6 Å². The third kappa shape index (κ3) is 5.62. The molecule has 6 nitrogen and oxygen atoms in total. The zero-order chi connectivity index (χ0) is 20.2. The van der Waals surface area contributed by atoms with Crippen LogP contribution in [0.2, 0.25) is 0 Å². The molecular formula is C16H14F3NO5S2. The predicted molar refractivity (Wildman–Crippen MR) is 92.8 cm³/mol. The van der Waals surface area contributed by atoms with Crippen LogP contribution >= 0.6 is 12.6 Å². The van der Waals surface area contributed by atoms with E-state index in [2.05, 4.69) is 22.1 Å². The second-order valence-electron chi connectivity index (χ2n) is 5.32. The molecule has 27 heavy (non-hydrogen) atoms. The quantitative estimate of drug-likeness (QED) is 0.570. The molecule has 0 radical (unpaired) electrons. The Labute approximate surface area is 158 Å². The summed E-state index contributed by atoms with van der Waals surface area (Å²) in [7, 11) is -3.97. The van der Waals surface area contributed by atoms with Crippen molar-refractivity contribution in [1.82, 2.24) is 4.72 Å². The molecule has 1 atom stereocenters. The van der Waals surface area contributed by atoms with Crippen LogP contribution in [-0.4, -0.2) is 32.6 Å². The molecule has 146 valence electrons. The van der Waals surface area contributed by atoms with Crippen LogP contribution < -0.4 is 9.46 Å². The summed E-state index contributed by atoms with van der Waals surface area (Å²) in [5.74, 6) is -5.15. The SMILES string of the molecule is O=C(O)COc1c(F)cc(C(S)CNS(=O)(=O)c2ccc(F)cc2)cc1F. The fraction of sp³-hybridized carbons (Fsp3) is 0.188. The highest BCUT2D eigenvalue weighted by Gasteiger charge is 2.20. The van der Waals surface area contributed by atoms with Gasteiger partial charge >= 0.3 is 5.97 Å². The van der Waals surface area contributed by atoms with Gasteiger partial charge in [-0.15, -0.1) is 0 Å². The molecule has 0 saturated carbocycles. The number of nitrogens with one attached hydrogen (secondary N) is 1. The average Bonchev–Trinajstić information content (AvgIpc) is 2.59. The van der Waals surface area contributed by atoms with E-state index in [4.69, 9.17) is 5.11 Å². The van der Waals surface area contributed by atoms with Crippen LogP contribution in [0.25, 0.3) is 0 Å². The number of hydrogen-bond acceptors (Lipinski definition) is 5. The highest BCUT2D eigenvalue weighted by molar-refractivity contribution is 7.89. The zero-order valence-electron chi connectivity index (χ0n) is 13.5. The van der Waals surface area contributed by atoms with E-state index in [0.29, 0.717) is 0 Å². The van der Waals surface area contributed by atoms with E-state index < -0.39 is 51.1 Å². The summed E-state index contributed by atoms with van der Waals surface area (Å²) in [4.78, 5) is 10.2. The first-order valence-corrected chi connectivity index (χ1v) is 9.37. The Morgan fingerprint density at radius 2 is 1.70 bits per heavy atom. The van der Waals surface area contributed by atoms with Crippen LogP contribution in [0, 0.1) is 17.5 Å². The molecule has 0 aromatic heterocycles. The summed E-state index contributed by atoms with van der Waals surface area (Å²) in [5.41, 5.74) is 0.0119. The fourth-order valence-corrected chi connectivity index (χ4v) is 3.46. The van der Waals surface area contributed by atoms with Gasteiger partial charge in [0.15, 0.2) is 24.0 Å². The molecule has 0 amide bonds. The Kier molecular flexibility index (Phi) is 6.73. The minimum Gasteiger partial charge on any atom is -0.479 e. The molecule has 0 aliphatic rings. The second kappa shape index (κ2) is 8.63. The first-order chi connectivity index (χ1) is 12.6. The highest BCUT2D eigenvalue weighted by Crippen LogP contribution is 2.28. The van der Waals surface area contributed by atoms with Gasteiger partial charge in [0.1, 0.15) is 5.82 Å². The van der Waals surface area contributed by atoms with Crippen molar-refractivity contribution in [1.29, 1.82) is 0 Å². The summed E-state index contributed by atoms with van der Waals surface area (Å²) in [6, 6.07) is 5.83. The molecule has 0 aliphatic carbocycles. The largest absolute Gasteiger partial charge is 0.479 e. The van der Waals surface area contributed by atoms with Crippen molar-refractivity contribution in [2.75, 3.05) is 13.2 Å². The summed E-state index contributed by atoms with van der Waals surface area (Å²) in [5, 5.41) is 7.57. The van der Waals surface area contributed by atoms with Crippen LogP contribution in [0.3, 0.4) is 0 Å². The van der Waals surface area contributed by atoms with Crippen molar-refractivity contribution < 1.29 is 36.2 Å². The first kappa shape index (κ1) is 21.1. The van der Waals surface area contributed by atoms with Crippen LogP contribution in [0.5, 0.6) is 5.75 Å². The number of carboxylic acid groups (broad SMARTS) is 1. The normalized spacial score (nSPS) is 12.6. The van der Waals surface area contributed by atoms with Crippen LogP contribution in [0.15, 0.2) is 41.3 Å². The van der Waals surface area contributed by atoms with Gasteiger partial charge in [0.05, 0.1) is 4.90 Å². The minimum absolute atomic E-state index is 0.0119. The molecule has 11 heteroatoms. The first-order valence-electron chi connectivity index (χ1n) is 7.37. The van der Waals surface area contributed by atoms with E-state index in [0.717, 1.165) is 36.4 Å². The third-order valence-corrected chi connectivity index (χ3v) is 5.26. The van der Waals surface area contributed by atoms with E-state index in [1.165, 1.54) is 0 Å². The summed E-state index contributed by atoms with van der Waals surface area (Å²) < 4.78 is 71.7. The van der Waals surface area contributed by atoms with Gasteiger partial charge in [0.2, 0.25) is 10.0 Å². The molecule has 2 aromatic rings. The lowest BCUT2D eigenvalue weighted by molar-refractivity contribution is -0.139. The topological polar surface area (TPSA) is 92.7 Å². The van der Waals surface area contributed by atoms with E-state index in [9.17, 15) is 26.4 Å². The van der Waals surface area contributed by atoms with Crippen molar-refractivity contribution in [2.45, 2.75) is 10.1 Å². The Balaban J connectivity index is 2.10. The van der Waals surface area contributed by atoms with Gasteiger partial charge in [-0.05, 0) is 42.0 Å². The molecular weight excluding hydrogens is 407 g/mol. The van der Waals surface area contributed by atoms with Crippen LogP contribution in [0.4, 0.5) is 13.2 Å². The Hall–Kier alpha value is -2.24. The molecule has 0 heterocycles. The molecule has 2 aromatic carbocycles. The number of ether oxygens (including phenoxy) is 1. The molecule has 1 unspecified atom stereocenters. The maximum atomic E-state index is 13.9. The third-order valence-electron chi connectivity index (χ3n) is 3.34. The molecule has 0 spiro atoms. The van der Waals surface area contributed by atoms with Crippen molar-refractivity contribution in [3.05, 3.63) is 59.4 Å². The monoisotopic (exact) mass is 421 g/mol. The van der Waals surface area contributed by atoms with Crippen molar-refractivity contribution in [2.24, 2.45) is 0 Å². The van der Waals surface area contributed by atoms with E-state index in [-0.39, 0.29) is 17.0 Å². The van der Waals surface area contributed by atoms with Gasteiger partial charge in [-0.1, -0.05) is 0 Å². The Morgan fingerprint density at radius 1 is 1.15 bits per heavy atom. The molecule has 0 fully saturated rings. The van der Waals surface area contributed by atoms with Crippen molar-refractivity contribution in [3.8, 4) is 5.75 Å². The van der Waals surface area contributed by atoms with Gasteiger partial charge in [-0.3, -0.25) is 0 Å². The van der Waals surface area contributed by atoms with Crippen molar-refractivity contribution in [3.63, 3.8) is 0 Å². The van der Waals surface area contributed by atoms with E-state index in [1.807, 2.05) is 0 Å². The maximum Gasteiger partial charge on any atom is 0.341 e. The standard InChI is InChI=1S/C16H14F3NO5S2/c17-10-1-3-11(4-2-10)27(23,24)20-7-14(26)9-5-12(18)16(13(19)6-9)25-8-15(21)22/h1-6,14,20,26H,7-8H2,(H,21,22). The number of carboxylic acids is 1. The fourth-order valence-electron chi connectivity index (χ4n) is 2.05. The molecule has 0 bridgehead atoms. The number of hydrogen-bond donors (Lipinski definition) is 3. The summed E-state index contributed by atoms with van der Waals surface area (Å²) in [6.45, 7) is -1.23. The Morgan fingerprint density at radius 3 is 2.22 bits per heavy atom. The number of sulfonamides is 1. The zero-order valence-corrected chi connectivity index (χ0v) is 15.2. The minimum atomic E-state index is -3.97.